The SMILES string of the molecule is CCOc1ccccc1-c1nc(Cl)c(Br)c(CC(C)C)n1. The molecule has 2 rings (SSSR count). The summed E-state index contributed by atoms with van der Waals surface area (Å²) in [5.41, 5.74) is 1.78. The molecule has 0 bridgehead atoms. The van der Waals surface area contributed by atoms with Crippen molar-refractivity contribution in [2.45, 2.75) is 27.2 Å². The van der Waals surface area contributed by atoms with Gasteiger partial charge < -0.3 is 4.74 Å². The number of halogens is 2. The largest absolute Gasteiger partial charge is 0.493 e. The molecule has 0 fully saturated rings. The van der Waals surface area contributed by atoms with Gasteiger partial charge in [-0.25, -0.2) is 9.97 Å². The average molecular weight is 370 g/mol. The van der Waals surface area contributed by atoms with Crippen LogP contribution < -0.4 is 4.74 Å². The van der Waals surface area contributed by atoms with E-state index in [0.717, 1.165) is 27.9 Å². The Morgan fingerprint density at radius 1 is 1.24 bits per heavy atom. The minimum absolute atomic E-state index is 0.432. The average Bonchev–Trinajstić information content (AvgIpc) is 2.44. The zero-order valence-corrected chi connectivity index (χ0v) is 14.7. The highest BCUT2D eigenvalue weighted by molar-refractivity contribution is 9.10. The van der Waals surface area contributed by atoms with Gasteiger partial charge in [-0.2, -0.15) is 0 Å². The summed E-state index contributed by atoms with van der Waals surface area (Å²) >= 11 is 9.72. The summed E-state index contributed by atoms with van der Waals surface area (Å²) in [5.74, 6) is 1.86. The van der Waals surface area contributed by atoms with Crippen LogP contribution in [0, 0.1) is 5.92 Å². The summed E-state index contributed by atoms with van der Waals surface area (Å²) in [7, 11) is 0. The molecule has 5 heteroatoms. The molecule has 0 aliphatic heterocycles. The first-order valence-corrected chi connectivity index (χ1v) is 8.14. The van der Waals surface area contributed by atoms with Crippen molar-refractivity contribution in [2.24, 2.45) is 5.92 Å². The van der Waals surface area contributed by atoms with Gasteiger partial charge in [-0.3, -0.25) is 0 Å². The van der Waals surface area contributed by atoms with Gasteiger partial charge in [0, 0.05) is 0 Å². The molecule has 0 saturated carbocycles. The topological polar surface area (TPSA) is 35.0 Å². The van der Waals surface area contributed by atoms with Crippen LogP contribution in [-0.2, 0) is 6.42 Å². The summed E-state index contributed by atoms with van der Waals surface area (Å²) in [6.07, 6.45) is 0.840. The Morgan fingerprint density at radius 3 is 2.62 bits per heavy atom. The van der Waals surface area contributed by atoms with Gasteiger partial charge in [0.1, 0.15) is 10.9 Å². The predicted octanol–water partition coefficient (Wildman–Crippen LogP) is 5.16. The van der Waals surface area contributed by atoms with Crippen LogP contribution >= 0.6 is 27.5 Å². The van der Waals surface area contributed by atoms with E-state index in [2.05, 4.69) is 39.7 Å². The summed E-state index contributed by atoms with van der Waals surface area (Å²) < 4.78 is 6.42. The number of rotatable bonds is 5. The number of hydrogen-bond acceptors (Lipinski definition) is 3. The van der Waals surface area contributed by atoms with Crippen LogP contribution in [0.3, 0.4) is 0 Å². The first kappa shape index (κ1) is 16.2. The molecule has 0 atom stereocenters. The van der Waals surface area contributed by atoms with Crippen molar-refractivity contribution < 1.29 is 4.74 Å². The molecule has 0 aliphatic rings. The van der Waals surface area contributed by atoms with Gasteiger partial charge in [0.2, 0.25) is 0 Å². The van der Waals surface area contributed by atoms with Crippen LogP contribution in [0.1, 0.15) is 26.5 Å². The van der Waals surface area contributed by atoms with Gasteiger partial charge in [-0.15, -0.1) is 0 Å². The molecule has 0 spiro atoms. The van der Waals surface area contributed by atoms with Crippen LogP contribution in [0.15, 0.2) is 28.7 Å². The zero-order chi connectivity index (χ0) is 15.4. The van der Waals surface area contributed by atoms with E-state index in [1.165, 1.54) is 0 Å². The normalized spacial score (nSPS) is 11.0. The second-order valence-corrected chi connectivity index (χ2v) is 6.28. The van der Waals surface area contributed by atoms with Crippen LogP contribution in [-0.4, -0.2) is 16.6 Å². The fourth-order valence-corrected chi connectivity index (χ4v) is 2.57. The highest BCUT2D eigenvalue weighted by atomic mass is 79.9. The van der Waals surface area contributed by atoms with Gasteiger partial charge in [-0.1, -0.05) is 37.6 Å². The van der Waals surface area contributed by atoms with E-state index in [9.17, 15) is 0 Å². The van der Waals surface area contributed by atoms with Gasteiger partial charge in [0.05, 0.1) is 22.3 Å². The van der Waals surface area contributed by atoms with E-state index >= 15 is 0 Å². The molecule has 0 N–H and O–H groups in total. The molecule has 0 radical (unpaired) electrons. The summed E-state index contributed by atoms with van der Waals surface area (Å²) in [5, 5.41) is 0.432. The van der Waals surface area contributed by atoms with E-state index in [4.69, 9.17) is 16.3 Å². The first-order valence-electron chi connectivity index (χ1n) is 6.97. The van der Waals surface area contributed by atoms with Crippen molar-refractivity contribution in [2.75, 3.05) is 6.61 Å². The Hall–Kier alpha value is -1.13. The molecule has 1 heterocycles. The van der Waals surface area contributed by atoms with Crippen molar-refractivity contribution in [3.63, 3.8) is 0 Å². The number of ether oxygens (including phenoxy) is 1. The van der Waals surface area contributed by atoms with Crippen molar-refractivity contribution in [3.8, 4) is 17.1 Å². The summed E-state index contributed by atoms with van der Waals surface area (Å²) in [6.45, 7) is 6.85. The van der Waals surface area contributed by atoms with Crippen molar-refractivity contribution >= 4 is 27.5 Å². The number of benzene rings is 1. The Morgan fingerprint density at radius 2 is 1.95 bits per heavy atom. The van der Waals surface area contributed by atoms with Gasteiger partial charge in [0.15, 0.2) is 5.82 Å². The van der Waals surface area contributed by atoms with E-state index in [0.29, 0.717) is 23.5 Å². The zero-order valence-electron chi connectivity index (χ0n) is 12.4. The highest BCUT2D eigenvalue weighted by Crippen LogP contribution is 2.32. The molecule has 0 saturated heterocycles. The number of para-hydroxylation sites is 1. The monoisotopic (exact) mass is 368 g/mol. The van der Waals surface area contributed by atoms with E-state index in [1.54, 1.807) is 0 Å². The fraction of sp³-hybridized carbons (Fsp3) is 0.375. The molecular formula is C16H18BrClN2O. The lowest BCUT2D eigenvalue weighted by Gasteiger charge is -2.12. The number of aromatic nitrogens is 2. The number of nitrogens with zero attached hydrogens (tertiary/aromatic N) is 2. The Bertz CT molecular complexity index is 632. The Kier molecular flexibility index (Phi) is 5.59. The first-order chi connectivity index (χ1) is 10.0. The Balaban J connectivity index is 2.52. The van der Waals surface area contributed by atoms with Crippen LogP contribution in [0.25, 0.3) is 11.4 Å². The quantitative estimate of drug-likeness (QED) is 0.683. The maximum Gasteiger partial charge on any atom is 0.164 e. The maximum atomic E-state index is 6.24. The standard InChI is InChI=1S/C16H18BrClN2O/c1-4-21-13-8-6-5-7-11(13)16-19-12(9-10(2)3)14(17)15(18)20-16/h5-8,10H,4,9H2,1-3H3. The third-order valence-corrected chi connectivity index (χ3v) is 4.24. The van der Waals surface area contributed by atoms with Crippen LogP contribution in [0.2, 0.25) is 5.15 Å². The van der Waals surface area contributed by atoms with Gasteiger partial charge >= 0.3 is 0 Å². The molecule has 21 heavy (non-hydrogen) atoms. The Labute approximate surface area is 138 Å². The van der Waals surface area contributed by atoms with E-state index in [-0.39, 0.29) is 0 Å². The molecule has 3 nitrogen and oxygen atoms in total. The second kappa shape index (κ2) is 7.23. The van der Waals surface area contributed by atoms with Crippen LogP contribution in [0.5, 0.6) is 5.75 Å². The summed E-state index contributed by atoms with van der Waals surface area (Å²) in [6, 6.07) is 7.74. The molecule has 112 valence electrons. The lowest BCUT2D eigenvalue weighted by atomic mass is 10.1. The molecule has 0 amide bonds. The fourth-order valence-electron chi connectivity index (χ4n) is 2.04. The second-order valence-electron chi connectivity index (χ2n) is 5.13. The van der Waals surface area contributed by atoms with Gasteiger partial charge in [0.25, 0.3) is 0 Å². The third kappa shape index (κ3) is 3.95. The van der Waals surface area contributed by atoms with E-state index < -0.39 is 0 Å². The summed E-state index contributed by atoms with van der Waals surface area (Å²) in [4.78, 5) is 9.05. The van der Waals surface area contributed by atoms with Crippen molar-refractivity contribution in [1.82, 2.24) is 9.97 Å². The van der Waals surface area contributed by atoms with Crippen LogP contribution in [0.4, 0.5) is 0 Å². The minimum Gasteiger partial charge on any atom is -0.493 e. The molecule has 2 aromatic rings. The lowest BCUT2D eigenvalue weighted by molar-refractivity contribution is 0.341. The third-order valence-electron chi connectivity index (χ3n) is 2.91. The number of hydrogen-bond donors (Lipinski definition) is 0. The molecule has 1 aromatic heterocycles. The highest BCUT2D eigenvalue weighted by Gasteiger charge is 2.15. The molecule has 1 aromatic carbocycles. The minimum atomic E-state index is 0.432. The van der Waals surface area contributed by atoms with Gasteiger partial charge in [-0.05, 0) is 47.3 Å². The maximum absolute atomic E-state index is 6.24. The van der Waals surface area contributed by atoms with Crippen molar-refractivity contribution in [1.29, 1.82) is 0 Å². The molecule has 0 unspecified atom stereocenters. The van der Waals surface area contributed by atoms with Crippen molar-refractivity contribution in [3.05, 3.63) is 39.6 Å². The smallest absolute Gasteiger partial charge is 0.164 e. The molecule has 0 aliphatic carbocycles. The molecular weight excluding hydrogens is 352 g/mol. The van der Waals surface area contributed by atoms with E-state index in [1.807, 2.05) is 31.2 Å². The lowest BCUT2D eigenvalue weighted by Crippen LogP contribution is -2.04. The predicted molar refractivity (Wildman–Crippen MR) is 89.9 cm³/mol.